The van der Waals surface area contributed by atoms with Gasteiger partial charge < -0.3 is 24.4 Å². The van der Waals surface area contributed by atoms with E-state index in [1.807, 2.05) is 48.5 Å². The Labute approximate surface area is 182 Å². The van der Waals surface area contributed by atoms with Gasteiger partial charge in [-0.3, -0.25) is 4.79 Å². The summed E-state index contributed by atoms with van der Waals surface area (Å²) >= 11 is 5.79. The highest BCUT2D eigenvalue weighted by Crippen LogP contribution is 2.33. The molecule has 0 aliphatic rings. The lowest BCUT2D eigenvalue weighted by Gasteiger charge is -2.26. The Morgan fingerprint density at radius 3 is 1.83 bits per heavy atom. The number of halogens is 1. The van der Waals surface area contributed by atoms with Crippen molar-refractivity contribution in [2.24, 2.45) is 0 Å². The number of ether oxygens (including phenoxy) is 3. The van der Waals surface area contributed by atoms with Gasteiger partial charge in [0.1, 0.15) is 36.9 Å². The zero-order chi connectivity index (χ0) is 22.1. The van der Waals surface area contributed by atoms with Crippen LogP contribution in [0.2, 0.25) is 0 Å². The Bertz CT molecular complexity index is 788. The van der Waals surface area contributed by atoms with Crippen molar-refractivity contribution in [3.8, 4) is 11.5 Å². The zero-order valence-corrected chi connectivity index (χ0v) is 18.3. The molecule has 2 rings (SSSR count). The molecule has 0 saturated carbocycles. The summed E-state index contributed by atoms with van der Waals surface area (Å²) < 4.78 is 16.2. The number of hydrogen-bond donors (Lipinski definition) is 2. The van der Waals surface area contributed by atoms with Crippen LogP contribution in [0.5, 0.6) is 11.5 Å². The van der Waals surface area contributed by atoms with E-state index in [0.717, 1.165) is 11.1 Å². The van der Waals surface area contributed by atoms with Gasteiger partial charge in [0, 0.05) is 12.3 Å². The number of carbonyl (C=O) groups excluding carboxylic acids is 1. The molecule has 0 heterocycles. The molecule has 2 aromatic rings. The van der Waals surface area contributed by atoms with E-state index in [2.05, 4.69) is 13.8 Å². The van der Waals surface area contributed by atoms with Gasteiger partial charge in [0.15, 0.2) is 0 Å². The number of hydrogen-bond acceptors (Lipinski definition) is 6. The number of carbonyl (C=O) groups is 1. The van der Waals surface area contributed by atoms with Gasteiger partial charge in [0.25, 0.3) is 0 Å². The van der Waals surface area contributed by atoms with Crippen LogP contribution in [0, 0.1) is 0 Å². The van der Waals surface area contributed by atoms with Crippen LogP contribution in [0.1, 0.15) is 31.9 Å². The molecule has 0 radical (unpaired) electrons. The molecule has 2 atom stereocenters. The van der Waals surface area contributed by atoms with E-state index >= 15 is 0 Å². The topological polar surface area (TPSA) is 85.2 Å². The molecule has 0 saturated heterocycles. The number of benzene rings is 2. The monoisotopic (exact) mass is 436 g/mol. The number of esters is 1. The Morgan fingerprint density at radius 1 is 0.967 bits per heavy atom. The zero-order valence-electron chi connectivity index (χ0n) is 17.5. The molecule has 0 amide bonds. The van der Waals surface area contributed by atoms with Crippen LogP contribution in [-0.2, 0) is 14.9 Å². The van der Waals surface area contributed by atoms with E-state index in [4.69, 9.17) is 30.9 Å². The van der Waals surface area contributed by atoms with Crippen molar-refractivity contribution in [2.45, 2.75) is 38.4 Å². The van der Waals surface area contributed by atoms with Gasteiger partial charge in [-0.1, -0.05) is 38.1 Å². The van der Waals surface area contributed by atoms with Crippen molar-refractivity contribution in [1.82, 2.24) is 0 Å². The van der Waals surface area contributed by atoms with Crippen LogP contribution >= 0.6 is 11.6 Å². The third-order valence-electron chi connectivity index (χ3n) is 4.75. The minimum Gasteiger partial charge on any atom is -0.491 e. The maximum Gasteiger partial charge on any atom is 0.303 e. The van der Waals surface area contributed by atoms with Crippen LogP contribution in [0.15, 0.2) is 48.5 Å². The fourth-order valence-electron chi connectivity index (χ4n) is 2.88. The van der Waals surface area contributed by atoms with E-state index in [1.54, 1.807) is 0 Å². The molecule has 30 heavy (non-hydrogen) atoms. The third-order valence-corrected chi connectivity index (χ3v) is 5.09. The first-order valence-corrected chi connectivity index (χ1v) is 10.3. The normalized spacial score (nSPS) is 13.4. The minimum atomic E-state index is -0.893. The predicted octanol–water partition coefficient (Wildman–Crippen LogP) is 3.29. The van der Waals surface area contributed by atoms with Gasteiger partial charge in [0.2, 0.25) is 0 Å². The molecule has 2 N–H and O–H groups in total. The molecule has 2 unspecified atom stereocenters. The molecule has 0 fully saturated rings. The number of alkyl halides is 1. The Balaban J connectivity index is 2.01. The maximum absolute atomic E-state index is 11.0. The molecule has 0 aliphatic heterocycles. The summed E-state index contributed by atoms with van der Waals surface area (Å²) in [6, 6.07) is 15.4. The van der Waals surface area contributed by atoms with Crippen molar-refractivity contribution >= 4 is 17.6 Å². The van der Waals surface area contributed by atoms with Crippen LogP contribution in [0.4, 0.5) is 0 Å². The largest absolute Gasteiger partial charge is 0.491 e. The molecule has 2 aromatic carbocycles. The predicted molar refractivity (Wildman–Crippen MR) is 115 cm³/mol. The molecule has 164 valence electrons. The number of aliphatic hydroxyl groups excluding tert-OH is 2. The second kappa shape index (κ2) is 11.2. The highest BCUT2D eigenvalue weighted by Gasteiger charge is 2.23. The summed E-state index contributed by atoms with van der Waals surface area (Å²) in [6.07, 6.45) is -1.38. The summed E-state index contributed by atoms with van der Waals surface area (Å²) in [5.41, 5.74) is 1.95. The maximum atomic E-state index is 11.0. The highest BCUT2D eigenvalue weighted by molar-refractivity contribution is 6.18. The van der Waals surface area contributed by atoms with Crippen molar-refractivity contribution < 1.29 is 29.2 Å². The van der Waals surface area contributed by atoms with E-state index < -0.39 is 12.2 Å². The average Bonchev–Trinajstić information content (AvgIpc) is 2.75. The summed E-state index contributed by atoms with van der Waals surface area (Å²) in [5.74, 6) is 1.08. The van der Waals surface area contributed by atoms with Gasteiger partial charge in [-0.25, -0.2) is 0 Å². The van der Waals surface area contributed by atoms with Crippen LogP contribution in [-0.4, -0.2) is 54.1 Å². The Kier molecular flexibility index (Phi) is 8.96. The molecule has 6 nitrogen and oxygen atoms in total. The van der Waals surface area contributed by atoms with Crippen molar-refractivity contribution in [3.63, 3.8) is 0 Å². The lowest BCUT2D eigenvalue weighted by atomic mass is 9.78. The fraction of sp³-hybridized carbons (Fsp3) is 0.435. The first-order chi connectivity index (χ1) is 14.3. The van der Waals surface area contributed by atoms with Gasteiger partial charge in [-0.05, 0) is 35.4 Å². The van der Waals surface area contributed by atoms with Gasteiger partial charge in [-0.15, -0.1) is 11.6 Å². The SMILES string of the molecule is CC(=O)OC(CCl)COc1ccc(C(C)(C)c2ccc(OCC(O)CO)cc2)cc1. The quantitative estimate of drug-likeness (QED) is 0.415. The van der Waals surface area contributed by atoms with E-state index in [-0.39, 0.29) is 37.1 Å². The van der Waals surface area contributed by atoms with E-state index in [1.165, 1.54) is 6.92 Å². The summed E-state index contributed by atoms with van der Waals surface area (Å²) in [6.45, 7) is 5.49. The number of rotatable bonds is 11. The highest BCUT2D eigenvalue weighted by atomic mass is 35.5. The van der Waals surface area contributed by atoms with Gasteiger partial charge >= 0.3 is 5.97 Å². The second-order valence-electron chi connectivity index (χ2n) is 7.52. The molecule has 0 aliphatic carbocycles. The van der Waals surface area contributed by atoms with Gasteiger partial charge in [0.05, 0.1) is 12.5 Å². The molecule has 0 aromatic heterocycles. The molecular formula is C23H29ClO6. The van der Waals surface area contributed by atoms with Crippen LogP contribution in [0.3, 0.4) is 0 Å². The standard InChI is InChI=1S/C23H29ClO6/c1-16(26)30-22(12-24)15-29-21-10-6-18(7-11-21)23(2,3)17-4-8-20(9-5-17)28-14-19(27)13-25/h4-11,19,22,25,27H,12-15H2,1-3H3. The Morgan fingerprint density at radius 2 is 1.43 bits per heavy atom. The fourth-order valence-corrected chi connectivity index (χ4v) is 3.03. The molecule has 7 heteroatoms. The molecule has 0 spiro atoms. The third kappa shape index (κ3) is 6.90. The summed E-state index contributed by atoms with van der Waals surface area (Å²) in [4.78, 5) is 11.0. The average molecular weight is 437 g/mol. The minimum absolute atomic E-state index is 0.0444. The van der Waals surface area contributed by atoms with Crippen LogP contribution in [0.25, 0.3) is 0 Å². The Hall–Kier alpha value is -2.28. The first-order valence-electron chi connectivity index (χ1n) is 9.75. The second-order valence-corrected chi connectivity index (χ2v) is 7.83. The molecular weight excluding hydrogens is 408 g/mol. The first kappa shape index (κ1) is 24.0. The number of aliphatic hydroxyl groups is 2. The molecule has 0 bridgehead atoms. The lowest BCUT2D eigenvalue weighted by Crippen LogP contribution is -2.25. The summed E-state index contributed by atoms with van der Waals surface area (Å²) in [7, 11) is 0. The van der Waals surface area contributed by atoms with Crippen molar-refractivity contribution in [1.29, 1.82) is 0 Å². The van der Waals surface area contributed by atoms with Crippen LogP contribution < -0.4 is 9.47 Å². The van der Waals surface area contributed by atoms with Crippen molar-refractivity contribution in [3.05, 3.63) is 59.7 Å². The smallest absolute Gasteiger partial charge is 0.303 e. The van der Waals surface area contributed by atoms with Gasteiger partial charge in [-0.2, -0.15) is 0 Å². The van der Waals surface area contributed by atoms with E-state index in [9.17, 15) is 9.90 Å². The van der Waals surface area contributed by atoms with Crippen molar-refractivity contribution in [2.75, 3.05) is 25.7 Å². The van der Waals surface area contributed by atoms with E-state index in [0.29, 0.717) is 11.5 Å². The summed E-state index contributed by atoms with van der Waals surface area (Å²) in [5, 5.41) is 18.2. The lowest BCUT2D eigenvalue weighted by molar-refractivity contribution is -0.146.